The van der Waals surface area contributed by atoms with Crippen molar-refractivity contribution in [2.24, 2.45) is 0 Å². The van der Waals surface area contributed by atoms with Gasteiger partial charge in [0.2, 0.25) is 0 Å². The van der Waals surface area contributed by atoms with Crippen molar-refractivity contribution >= 4 is 23.9 Å². The molecule has 0 rings (SSSR count). The predicted octanol–water partition coefficient (Wildman–Crippen LogP) is 8.28. The lowest BCUT2D eigenvalue weighted by Gasteiger charge is -2.26. The van der Waals surface area contributed by atoms with Crippen LogP contribution in [0.25, 0.3) is 0 Å². The lowest BCUT2D eigenvalue weighted by Crippen LogP contribution is -3.00. The summed E-state index contributed by atoms with van der Waals surface area (Å²) in [5, 5.41) is 0. The molecule has 0 aromatic carbocycles. The van der Waals surface area contributed by atoms with Gasteiger partial charge < -0.3 is 26.4 Å². The number of nitrogens with zero attached hydrogens (tertiary/aromatic N) is 1. The molecule has 0 aliphatic carbocycles. The van der Waals surface area contributed by atoms with Gasteiger partial charge in [-0.05, 0) is 64.2 Å². The summed E-state index contributed by atoms with van der Waals surface area (Å²) < 4.78 is 9.90. The molecule has 0 saturated carbocycles. The van der Waals surface area contributed by atoms with Gasteiger partial charge in [0.25, 0.3) is 0 Å². The summed E-state index contributed by atoms with van der Waals surface area (Å²) in [6.45, 7) is 4.18. The van der Waals surface area contributed by atoms with Gasteiger partial charge in [0.1, 0.15) is 0 Å². The number of unbranched alkanes of at least 4 members (excludes halogenated alkanes) is 22. The van der Waals surface area contributed by atoms with Crippen molar-refractivity contribution < 1.29 is 45.5 Å². The number of halogens is 1. The zero-order chi connectivity index (χ0) is 36.3. The van der Waals surface area contributed by atoms with E-state index in [1.807, 2.05) is 0 Å². The van der Waals surface area contributed by atoms with Crippen molar-refractivity contribution in [3.8, 4) is 0 Å². The Balaban J connectivity index is 0. The first-order valence-corrected chi connectivity index (χ1v) is 20.3. The minimum Gasteiger partial charge on any atom is -1.00 e. The van der Waals surface area contributed by atoms with E-state index in [4.69, 9.17) is 9.47 Å². The van der Waals surface area contributed by atoms with Crippen LogP contribution in [0.2, 0.25) is 0 Å². The van der Waals surface area contributed by atoms with Crippen LogP contribution >= 0.6 is 0 Å². The highest BCUT2D eigenvalue weighted by molar-refractivity contribution is 5.87. The third-order valence-corrected chi connectivity index (χ3v) is 8.86. The molecule has 0 radical (unpaired) electrons. The first-order valence-electron chi connectivity index (χ1n) is 20.3. The molecule has 0 aliphatic rings. The Labute approximate surface area is 313 Å². The van der Waals surface area contributed by atoms with Gasteiger partial charge in [0.15, 0.2) is 13.1 Å². The second-order valence-corrected chi connectivity index (χ2v) is 14.6. The summed E-state index contributed by atoms with van der Waals surface area (Å²) >= 11 is 0. The predicted molar refractivity (Wildman–Crippen MR) is 203 cm³/mol. The molecule has 0 bridgehead atoms. The van der Waals surface area contributed by atoms with Crippen LogP contribution in [-0.2, 0) is 28.7 Å². The highest BCUT2D eigenvalue weighted by Gasteiger charge is 2.28. The van der Waals surface area contributed by atoms with E-state index < -0.39 is 23.9 Å². The van der Waals surface area contributed by atoms with Gasteiger partial charge in [0, 0.05) is 12.8 Å². The maximum absolute atomic E-state index is 12.3. The Hall–Kier alpha value is -1.99. The van der Waals surface area contributed by atoms with Crippen molar-refractivity contribution in [3.05, 3.63) is 24.3 Å². The van der Waals surface area contributed by atoms with Crippen LogP contribution in [0, 0.1) is 0 Å². The van der Waals surface area contributed by atoms with Crippen molar-refractivity contribution in [1.82, 2.24) is 0 Å². The molecule has 292 valence electrons. The summed E-state index contributed by atoms with van der Waals surface area (Å²) in [6, 6.07) is 0. The number of quaternary nitrogens is 1. The van der Waals surface area contributed by atoms with Crippen LogP contribution in [0.1, 0.15) is 194 Å². The smallest absolute Gasteiger partial charge is 0.369 e. The van der Waals surface area contributed by atoms with E-state index in [9.17, 15) is 19.2 Å². The van der Waals surface area contributed by atoms with E-state index >= 15 is 0 Å². The molecule has 0 aliphatic heterocycles. The summed E-state index contributed by atoms with van der Waals surface area (Å²) in [7, 11) is 3.34. The Kier molecular flexibility index (Phi) is 36.9. The monoisotopic (exact) mass is 726 g/mol. The fourth-order valence-electron chi connectivity index (χ4n) is 5.86. The SMILES string of the molecule is CCCCCCCCC=CCCCCCCCC(=O)OC(=O)C[N+](C)(C)CC(=O)OC(=O)CCCCCCCC=CCCCCCCCC.[Cl-]. The molecule has 7 nitrogen and oxygen atoms in total. The van der Waals surface area contributed by atoms with E-state index in [1.54, 1.807) is 14.1 Å². The first kappa shape index (κ1) is 50.1. The maximum Gasteiger partial charge on any atom is 0.369 e. The summed E-state index contributed by atoms with van der Waals surface area (Å²) in [5.41, 5.74) is 0. The minimum atomic E-state index is -0.671. The van der Waals surface area contributed by atoms with Gasteiger partial charge in [-0.3, -0.25) is 9.59 Å². The van der Waals surface area contributed by atoms with Crippen LogP contribution in [0.5, 0.6) is 0 Å². The third kappa shape index (κ3) is 37.3. The second-order valence-electron chi connectivity index (χ2n) is 14.6. The van der Waals surface area contributed by atoms with E-state index in [1.165, 1.54) is 89.9 Å². The Morgan fingerprint density at radius 2 is 0.660 bits per heavy atom. The average Bonchev–Trinajstić information content (AvgIpc) is 3.04. The molecular weight excluding hydrogens is 650 g/mol. The lowest BCUT2D eigenvalue weighted by atomic mass is 10.1. The molecule has 0 heterocycles. The van der Waals surface area contributed by atoms with Gasteiger partial charge in [-0.15, -0.1) is 0 Å². The average molecular weight is 727 g/mol. The maximum atomic E-state index is 12.3. The molecule has 0 aromatic heterocycles. The Bertz CT molecular complexity index is 831. The van der Waals surface area contributed by atoms with Crippen molar-refractivity contribution in [2.45, 2.75) is 194 Å². The zero-order valence-corrected chi connectivity index (χ0v) is 33.6. The van der Waals surface area contributed by atoms with Gasteiger partial charge in [-0.1, -0.05) is 141 Å². The molecule has 0 spiro atoms. The molecule has 8 heteroatoms. The van der Waals surface area contributed by atoms with Crippen LogP contribution in [0.3, 0.4) is 0 Å². The first-order chi connectivity index (χ1) is 23.7. The standard InChI is InChI=1S/C42H76NO6.ClH/c1-5-7-9-11-13-15-17-19-21-23-25-27-29-31-33-35-39(44)48-41(46)37-43(3,4)38-42(47)49-40(45)36-34-32-30-28-26-24-22-20-18-16-14-12-10-8-6-2;/h19-22H,5-18,23-38H2,1-4H3;1H/q+1;/p-1. The largest absolute Gasteiger partial charge is 1.00 e. The number of carbonyl (C=O) groups excluding carboxylic acids is 4. The number of hydrogen-bond acceptors (Lipinski definition) is 6. The summed E-state index contributed by atoms with van der Waals surface area (Å²) in [5.74, 6) is -2.40. The molecular formula is C42H76ClNO6. The Morgan fingerprint density at radius 3 is 0.960 bits per heavy atom. The number of rotatable bonds is 34. The molecule has 0 fully saturated rings. The number of likely N-dealkylation sites (N-methyl/N-ethyl adjacent to an activating group) is 1. The fraction of sp³-hybridized carbons (Fsp3) is 0.810. The number of ether oxygens (including phenoxy) is 2. The number of carbonyl (C=O) groups is 4. The van der Waals surface area contributed by atoms with Crippen molar-refractivity contribution in [3.63, 3.8) is 0 Å². The fourth-order valence-corrected chi connectivity index (χ4v) is 5.86. The van der Waals surface area contributed by atoms with E-state index in [0.29, 0.717) is 12.8 Å². The molecule has 0 amide bonds. The molecule has 50 heavy (non-hydrogen) atoms. The molecule has 0 atom stereocenters. The quantitative estimate of drug-likeness (QED) is 0.0218. The minimum absolute atomic E-state index is 0. The van der Waals surface area contributed by atoms with Gasteiger partial charge in [-0.2, -0.15) is 0 Å². The highest BCUT2D eigenvalue weighted by atomic mass is 35.5. The van der Waals surface area contributed by atoms with Crippen LogP contribution in [0.4, 0.5) is 0 Å². The summed E-state index contributed by atoms with van der Waals surface area (Å²) in [4.78, 5) is 48.9. The summed E-state index contributed by atoms with van der Waals surface area (Å²) in [6.07, 6.45) is 40.3. The van der Waals surface area contributed by atoms with Crippen molar-refractivity contribution in [2.75, 3.05) is 27.2 Å². The van der Waals surface area contributed by atoms with E-state index in [2.05, 4.69) is 38.2 Å². The van der Waals surface area contributed by atoms with Crippen LogP contribution < -0.4 is 12.4 Å². The lowest BCUT2D eigenvalue weighted by molar-refractivity contribution is -0.875. The number of hydrogen-bond donors (Lipinski definition) is 0. The molecule has 0 unspecified atom stereocenters. The second kappa shape index (κ2) is 36.8. The molecule has 0 saturated heterocycles. The number of esters is 4. The molecule has 0 N–H and O–H groups in total. The van der Waals surface area contributed by atoms with Crippen LogP contribution in [0.15, 0.2) is 24.3 Å². The van der Waals surface area contributed by atoms with E-state index in [-0.39, 0.29) is 42.8 Å². The molecule has 0 aromatic rings. The normalized spacial score (nSPS) is 11.6. The Morgan fingerprint density at radius 1 is 0.400 bits per heavy atom. The number of allylic oxidation sites excluding steroid dienone is 4. The van der Waals surface area contributed by atoms with Gasteiger partial charge >= 0.3 is 23.9 Å². The van der Waals surface area contributed by atoms with Gasteiger partial charge in [0.05, 0.1) is 14.1 Å². The topological polar surface area (TPSA) is 86.7 Å². The zero-order valence-electron chi connectivity index (χ0n) is 32.8. The highest BCUT2D eigenvalue weighted by Crippen LogP contribution is 2.12. The van der Waals surface area contributed by atoms with E-state index in [0.717, 1.165) is 64.2 Å². The third-order valence-electron chi connectivity index (χ3n) is 8.86. The van der Waals surface area contributed by atoms with Crippen LogP contribution in [-0.4, -0.2) is 55.5 Å². The van der Waals surface area contributed by atoms with Crippen molar-refractivity contribution in [1.29, 1.82) is 0 Å². The van der Waals surface area contributed by atoms with Gasteiger partial charge in [-0.25, -0.2) is 9.59 Å².